The molecular weight excluding hydrogens is 446 g/mol. The van der Waals surface area contributed by atoms with Gasteiger partial charge in [0.25, 0.3) is 5.91 Å². The first kappa shape index (κ1) is 22.2. The number of sulfonamides is 1. The average molecular weight is 470 g/mol. The monoisotopic (exact) mass is 469 g/mol. The molecule has 1 amide bonds. The molecular formula is C23H23N3O4S2. The van der Waals surface area contributed by atoms with Crippen LogP contribution in [0.25, 0.3) is 10.2 Å². The molecule has 2 aromatic heterocycles. The molecule has 9 heteroatoms. The zero-order valence-corrected chi connectivity index (χ0v) is 19.8. The van der Waals surface area contributed by atoms with E-state index in [0.29, 0.717) is 16.5 Å². The van der Waals surface area contributed by atoms with Crippen LogP contribution in [0, 0.1) is 13.8 Å². The molecule has 0 aliphatic carbocycles. The largest absolute Gasteiger partial charge is 0.467 e. The van der Waals surface area contributed by atoms with Gasteiger partial charge in [-0.2, -0.15) is 0 Å². The number of aryl methyl sites for hydroxylation is 2. The topological polar surface area (TPSA) is 83.7 Å². The molecule has 0 unspecified atom stereocenters. The van der Waals surface area contributed by atoms with Gasteiger partial charge in [0.2, 0.25) is 10.0 Å². The Balaban J connectivity index is 1.74. The van der Waals surface area contributed by atoms with Gasteiger partial charge in [-0.15, -0.1) is 0 Å². The van der Waals surface area contributed by atoms with Gasteiger partial charge in [0.05, 0.1) is 27.9 Å². The molecule has 0 aliphatic rings. The van der Waals surface area contributed by atoms with Crippen molar-refractivity contribution in [2.75, 3.05) is 19.0 Å². The van der Waals surface area contributed by atoms with Crippen molar-refractivity contribution in [3.8, 4) is 0 Å². The maximum atomic E-state index is 13.5. The van der Waals surface area contributed by atoms with Gasteiger partial charge < -0.3 is 4.42 Å². The van der Waals surface area contributed by atoms with Crippen LogP contribution in [0.2, 0.25) is 0 Å². The smallest absolute Gasteiger partial charge is 0.260 e. The van der Waals surface area contributed by atoms with Crippen molar-refractivity contribution in [1.82, 2.24) is 9.29 Å². The number of anilines is 1. The Bertz CT molecular complexity index is 1370. The van der Waals surface area contributed by atoms with Gasteiger partial charge in [0.1, 0.15) is 5.76 Å². The van der Waals surface area contributed by atoms with Crippen LogP contribution in [0.3, 0.4) is 0 Å². The molecule has 2 aromatic carbocycles. The first-order valence-corrected chi connectivity index (χ1v) is 12.2. The maximum Gasteiger partial charge on any atom is 0.260 e. The lowest BCUT2D eigenvalue weighted by Crippen LogP contribution is -2.30. The number of thiazole rings is 1. The van der Waals surface area contributed by atoms with Gasteiger partial charge in [-0.25, -0.2) is 17.7 Å². The van der Waals surface area contributed by atoms with Gasteiger partial charge in [-0.05, 0) is 67.4 Å². The van der Waals surface area contributed by atoms with Crippen LogP contribution in [0.5, 0.6) is 0 Å². The number of nitrogens with zero attached hydrogens (tertiary/aromatic N) is 3. The van der Waals surface area contributed by atoms with Crippen molar-refractivity contribution in [3.05, 3.63) is 77.2 Å². The molecule has 0 atom stereocenters. The molecule has 0 saturated heterocycles. The van der Waals surface area contributed by atoms with E-state index in [1.165, 1.54) is 49.7 Å². The molecule has 0 N–H and O–H groups in total. The Morgan fingerprint density at radius 2 is 1.81 bits per heavy atom. The number of aromatic nitrogens is 1. The Morgan fingerprint density at radius 3 is 2.44 bits per heavy atom. The summed E-state index contributed by atoms with van der Waals surface area (Å²) in [5, 5.41) is 0.556. The fourth-order valence-corrected chi connectivity index (χ4v) is 5.32. The zero-order valence-electron chi connectivity index (χ0n) is 18.2. The van der Waals surface area contributed by atoms with Gasteiger partial charge in [0, 0.05) is 19.7 Å². The van der Waals surface area contributed by atoms with E-state index >= 15 is 0 Å². The van der Waals surface area contributed by atoms with E-state index in [0.717, 1.165) is 25.6 Å². The predicted octanol–water partition coefficient (Wildman–Crippen LogP) is 4.60. The van der Waals surface area contributed by atoms with E-state index in [2.05, 4.69) is 6.07 Å². The van der Waals surface area contributed by atoms with Crippen LogP contribution >= 0.6 is 11.3 Å². The molecule has 4 aromatic rings. The highest BCUT2D eigenvalue weighted by atomic mass is 32.2. The number of fused-ring (bicyclic) bond motifs is 1. The molecule has 0 spiro atoms. The molecule has 0 saturated carbocycles. The molecule has 7 nitrogen and oxygen atoms in total. The maximum absolute atomic E-state index is 13.5. The number of carbonyl (C=O) groups excluding carboxylic acids is 1. The Kier molecular flexibility index (Phi) is 5.89. The Hall–Kier alpha value is -3.01. The number of hydrogen-bond acceptors (Lipinski definition) is 6. The van der Waals surface area contributed by atoms with Crippen molar-refractivity contribution in [1.29, 1.82) is 0 Å². The van der Waals surface area contributed by atoms with Crippen LogP contribution in [-0.2, 0) is 16.6 Å². The van der Waals surface area contributed by atoms with Crippen molar-refractivity contribution in [3.63, 3.8) is 0 Å². The minimum Gasteiger partial charge on any atom is -0.467 e. The summed E-state index contributed by atoms with van der Waals surface area (Å²) in [6.45, 7) is 4.25. The first-order chi connectivity index (χ1) is 15.2. The number of rotatable bonds is 6. The van der Waals surface area contributed by atoms with E-state index in [4.69, 9.17) is 9.40 Å². The van der Waals surface area contributed by atoms with Crippen LogP contribution in [0.15, 0.2) is 64.1 Å². The average Bonchev–Trinajstić information content (AvgIpc) is 3.41. The van der Waals surface area contributed by atoms with Crippen molar-refractivity contribution in [2.45, 2.75) is 25.3 Å². The third kappa shape index (κ3) is 4.19. The standard InChI is InChI=1S/C23H23N3O4S2/c1-15-12-16(2)21-20(13-15)24-23(31-21)26(14-18-6-5-11-30-18)22(27)17-7-9-19(10-8-17)32(28,29)25(3)4/h5-13H,14H2,1-4H3. The second-order valence-corrected chi connectivity index (χ2v) is 10.8. The fraction of sp³-hybridized carbons (Fsp3) is 0.217. The van der Waals surface area contributed by atoms with E-state index in [1.807, 2.05) is 19.9 Å². The fourth-order valence-electron chi connectivity index (χ4n) is 3.40. The number of benzene rings is 2. The summed E-state index contributed by atoms with van der Waals surface area (Å²) in [6.07, 6.45) is 1.56. The summed E-state index contributed by atoms with van der Waals surface area (Å²) in [4.78, 5) is 19.9. The molecule has 2 heterocycles. The summed E-state index contributed by atoms with van der Waals surface area (Å²) < 4.78 is 32.3. The second-order valence-electron chi connectivity index (χ2n) is 7.71. The van der Waals surface area contributed by atoms with E-state index < -0.39 is 10.0 Å². The number of carbonyl (C=O) groups is 1. The minimum atomic E-state index is -3.58. The minimum absolute atomic E-state index is 0.128. The van der Waals surface area contributed by atoms with Crippen LogP contribution in [0.4, 0.5) is 5.13 Å². The molecule has 0 radical (unpaired) electrons. The second kappa shape index (κ2) is 8.50. The van der Waals surface area contributed by atoms with Gasteiger partial charge in [-0.3, -0.25) is 9.69 Å². The molecule has 32 heavy (non-hydrogen) atoms. The molecule has 0 bridgehead atoms. The summed E-state index contributed by atoms with van der Waals surface area (Å²) in [5.41, 5.74) is 3.41. The Morgan fingerprint density at radius 1 is 1.09 bits per heavy atom. The third-order valence-corrected chi connectivity index (χ3v) is 8.12. The van der Waals surface area contributed by atoms with Crippen molar-refractivity contribution < 1.29 is 17.6 Å². The van der Waals surface area contributed by atoms with Gasteiger partial charge >= 0.3 is 0 Å². The molecule has 166 valence electrons. The van der Waals surface area contributed by atoms with Crippen LogP contribution in [-0.4, -0.2) is 37.7 Å². The highest BCUT2D eigenvalue weighted by Crippen LogP contribution is 2.33. The third-order valence-electron chi connectivity index (χ3n) is 5.06. The Labute approximate surface area is 191 Å². The lowest BCUT2D eigenvalue weighted by atomic mass is 10.1. The lowest BCUT2D eigenvalue weighted by molar-refractivity contribution is 0.0983. The first-order valence-electron chi connectivity index (χ1n) is 9.91. The summed E-state index contributed by atoms with van der Waals surface area (Å²) in [7, 11) is -0.639. The normalized spacial score (nSPS) is 11.9. The van der Waals surface area contributed by atoms with Crippen LogP contribution in [0.1, 0.15) is 27.2 Å². The lowest BCUT2D eigenvalue weighted by Gasteiger charge is -2.19. The quantitative estimate of drug-likeness (QED) is 0.412. The number of furan rings is 1. The molecule has 0 aliphatic heterocycles. The number of amides is 1. The van der Waals surface area contributed by atoms with Gasteiger partial charge in [0.15, 0.2) is 5.13 Å². The highest BCUT2D eigenvalue weighted by molar-refractivity contribution is 7.89. The van der Waals surface area contributed by atoms with Gasteiger partial charge in [-0.1, -0.05) is 17.4 Å². The summed E-state index contributed by atoms with van der Waals surface area (Å²) in [5.74, 6) is 0.334. The molecule has 4 rings (SSSR count). The summed E-state index contributed by atoms with van der Waals surface area (Å²) in [6, 6.07) is 13.6. The predicted molar refractivity (Wildman–Crippen MR) is 126 cm³/mol. The van der Waals surface area contributed by atoms with Crippen molar-refractivity contribution >= 4 is 42.6 Å². The van der Waals surface area contributed by atoms with E-state index in [1.54, 1.807) is 23.3 Å². The van der Waals surface area contributed by atoms with E-state index in [-0.39, 0.29) is 17.3 Å². The highest BCUT2D eigenvalue weighted by Gasteiger charge is 2.24. The van der Waals surface area contributed by atoms with E-state index in [9.17, 15) is 13.2 Å². The SMILES string of the molecule is Cc1cc(C)c2sc(N(Cc3ccco3)C(=O)c3ccc(S(=O)(=O)N(C)C)cc3)nc2c1. The zero-order chi connectivity index (χ0) is 23.0. The van der Waals surface area contributed by atoms with Crippen molar-refractivity contribution in [2.24, 2.45) is 0 Å². The number of hydrogen-bond donors (Lipinski definition) is 0. The summed E-state index contributed by atoms with van der Waals surface area (Å²) >= 11 is 1.45. The van der Waals surface area contributed by atoms with Crippen LogP contribution < -0.4 is 4.90 Å². The molecule has 0 fully saturated rings.